The van der Waals surface area contributed by atoms with Crippen LogP contribution in [0, 0.1) is 40.9 Å². The van der Waals surface area contributed by atoms with Crippen molar-refractivity contribution in [1.82, 2.24) is 19.8 Å². The molecule has 0 amide bonds. The van der Waals surface area contributed by atoms with E-state index in [1.54, 1.807) is 0 Å². The molecule has 7 fully saturated rings. The van der Waals surface area contributed by atoms with Gasteiger partial charge in [0.25, 0.3) is 0 Å². The highest BCUT2D eigenvalue weighted by molar-refractivity contribution is 9.10. The first-order chi connectivity index (χ1) is 27.6. The molecule has 8 atom stereocenters. The Morgan fingerprint density at radius 3 is 1.81 bits per heavy atom. The summed E-state index contributed by atoms with van der Waals surface area (Å²) < 4.78 is 14.2. The summed E-state index contributed by atoms with van der Waals surface area (Å²) in [6, 6.07) is -1.18. The molecule has 1 aromatic heterocycles. The van der Waals surface area contributed by atoms with Crippen molar-refractivity contribution in [3.05, 3.63) is 10.5 Å². The van der Waals surface area contributed by atoms with E-state index in [-0.39, 0.29) is 0 Å². The largest absolute Gasteiger partial charge is 0.394 e. The highest BCUT2D eigenvalue weighted by Crippen LogP contribution is 3.09. The number of hydrogen-bond donors (Lipinski definition) is 6. The first-order valence-electron chi connectivity index (χ1n) is 23.1. The number of unbranched alkanes of at least 4 members (excludes halogenated alkanes) is 18. The monoisotopic (exact) mass is 868 g/mol. The molecule has 14 heteroatoms. The predicted octanol–water partition coefficient (Wildman–Crippen LogP) is 5.01. The van der Waals surface area contributed by atoms with Gasteiger partial charge in [-0.3, -0.25) is 0 Å². The standard InChI is InChI=1S/C43H73BrN4O9/c1-2-3-4-5-6-7-8-9-10-13-16-19-22-28(50)36(51)27(26-56-40-39(54)38(53)37(52)29(25-49)57-40)48-41(55)47(45-46-48)24-21-18-15-12-11-14-17-20-23-42-30-33-31(42)35-32(42)34(30)43(33,35)44/h27-40,49-54H,2-26H2,1H3/t27-,28+,29?,30?,31?,32?,33?,34?,35?,36-,37?,38?,39?,40?,42?,43?/m0/s1. The Bertz CT molecular complexity index is 1420. The fourth-order valence-corrected chi connectivity index (χ4v) is 14.6. The zero-order chi connectivity index (χ0) is 40.3. The topological polar surface area (TPSA) is 193 Å². The smallest absolute Gasteiger partial charge is 0.364 e. The number of halogens is 1. The lowest BCUT2D eigenvalue weighted by atomic mass is 8.96. The van der Waals surface area contributed by atoms with E-state index in [2.05, 4.69) is 33.3 Å². The summed E-state index contributed by atoms with van der Waals surface area (Å²) >= 11 is 4.08. The van der Waals surface area contributed by atoms with Gasteiger partial charge in [0.2, 0.25) is 0 Å². The van der Waals surface area contributed by atoms with Gasteiger partial charge in [-0.05, 0) is 70.6 Å². The van der Waals surface area contributed by atoms with Crippen LogP contribution in [0.1, 0.15) is 154 Å². The SMILES string of the molecule is CCCCCCCCCCCCCC[C@@H](O)[C@@H](O)[C@H](COC1OC(CO)C(O)C(O)C1O)n1nnn(CCCCCCCCCCC23C4C5C2C2C3C4C52Br)c1=O. The van der Waals surface area contributed by atoms with Crippen LogP contribution >= 0.6 is 15.9 Å². The second kappa shape index (κ2) is 19.4. The Kier molecular flexibility index (Phi) is 15.0. The molecule has 2 heterocycles. The molecule has 13 nitrogen and oxygen atoms in total. The van der Waals surface area contributed by atoms with Crippen LogP contribution in [0.15, 0.2) is 4.79 Å². The molecule has 6 aliphatic carbocycles. The van der Waals surface area contributed by atoms with E-state index in [0.29, 0.717) is 23.7 Å². The number of tetrazole rings is 1. The van der Waals surface area contributed by atoms with Gasteiger partial charge in [-0.25, -0.2) is 4.79 Å². The maximum Gasteiger partial charge on any atom is 0.364 e. The fraction of sp³-hybridized carbons (Fsp3) is 0.977. The van der Waals surface area contributed by atoms with Crippen molar-refractivity contribution in [2.75, 3.05) is 13.2 Å². The maximum absolute atomic E-state index is 13.5. The van der Waals surface area contributed by atoms with E-state index in [4.69, 9.17) is 9.47 Å². The third-order valence-corrected chi connectivity index (χ3v) is 17.4. The fourth-order valence-electron chi connectivity index (χ4n) is 12.8. The number of aliphatic hydroxyl groups excluding tert-OH is 6. The molecular formula is C43H73BrN4O9. The molecule has 326 valence electrons. The molecule has 8 rings (SSSR count). The number of aryl methyl sites for hydroxylation is 1. The lowest BCUT2D eigenvalue weighted by Gasteiger charge is -3.11. The average molecular weight is 870 g/mol. The Hall–Kier alpha value is -0.970. The second-order valence-corrected chi connectivity index (χ2v) is 20.3. The van der Waals surface area contributed by atoms with E-state index in [1.165, 1.54) is 94.6 Å². The lowest BCUT2D eigenvalue weighted by Crippen LogP contribution is -3.11. The summed E-state index contributed by atoms with van der Waals surface area (Å²) in [5.74, 6) is 6.43. The van der Waals surface area contributed by atoms with Crippen molar-refractivity contribution in [2.45, 2.75) is 208 Å². The lowest BCUT2D eigenvalue weighted by molar-refractivity contribution is -0.595. The first-order valence-corrected chi connectivity index (χ1v) is 23.9. The van der Waals surface area contributed by atoms with Gasteiger partial charge >= 0.3 is 5.69 Å². The van der Waals surface area contributed by atoms with Crippen LogP contribution in [0.3, 0.4) is 0 Å². The van der Waals surface area contributed by atoms with Crippen molar-refractivity contribution in [3.8, 4) is 0 Å². The van der Waals surface area contributed by atoms with Crippen LogP contribution in [-0.2, 0) is 16.0 Å². The van der Waals surface area contributed by atoms with E-state index in [0.717, 1.165) is 84.1 Å². The number of nitrogens with zero attached hydrogens (tertiary/aromatic N) is 4. The summed E-state index contributed by atoms with van der Waals surface area (Å²) in [6.45, 7) is 1.57. The molecule has 1 saturated heterocycles. The highest BCUT2D eigenvalue weighted by atomic mass is 79.9. The molecular weight excluding hydrogens is 796 g/mol. The zero-order valence-electron chi connectivity index (χ0n) is 34.3. The molecule has 0 spiro atoms. The number of aromatic nitrogens is 4. The Balaban J connectivity index is 0.810. The average Bonchev–Trinajstić information content (AvgIpc) is 3.58. The van der Waals surface area contributed by atoms with Gasteiger partial charge in [-0.15, -0.1) is 0 Å². The molecule has 7 aliphatic rings. The Morgan fingerprint density at radius 2 is 1.25 bits per heavy atom. The molecule has 6 saturated carbocycles. The minimum atomic E-state index is -1.65. The summed E-state index contributed by atoms with van der Waals surface area (Å²) in [5.41, 5.74) is 0.257. The normalized spacial score (nSPS) is 38.0. The van der Waals surface area contributed by atoms with Crippen molar-refractivity contribution in [1.29, 1.82) is 0 Å². The number of rotatable bonds is 31. The second-order valence-electron chi connectivity index (χ2n) is 18.9. The van der Waals surface area contributed by atoms with Gasteiger partial charge in [0, 0.05) is 10.9 Å². The highest BCUT2D eigenvalue weighted by Gasteiger charge is 3.08. The minimum absolute atomic E-state index is 0.319. The molecule has 5 unspecified atom stereocenters. The van der Waals surface area contributed by atoms with E-state index >= 15 is 0 Å². The van der Waals surface area contributed by atoms with Crippen molar-refractivity contribution < 1.29 is 40.1 Å². The van der Waals surface area contributed by atoms with Crippen molar-refractivity contribution in [3.63, 3.8) is 0 Å². The van der Waals surface area contributed by atoms with Gasteiger partial charge in [0.05, 0.1) is 19.3 Å². The van der Waals surface area contributed by atoms with E-state index < -0.39 is 67.9 Å². The van der Waals surface area contributed by atoms with Crippen molar-refractivity contribution in [2.24, 2.45) is 40.9 Å². The van der Waals surface area contributed by atoms with E-state index in [9.17, 15) is 35.4 Å². The minimum Gasteiger partial charge on any atom is -0.394 e. The molecule has 0 radical (unpaired) electrons. The summed E-state index contributed by atoms with van der Waals surface area (Å²) in [4.78, 5) is 13.5. The van der Waals surface area contributed by atoms with Gasteiger partial charge < -0.3 is 40.1 Å². The third-order valence-electron chi connectivity index (χ3n) is 15.8. The van der Waals surface area contributed by atoms with Gasteiger partial charge in [0.15, 0.2) is 6.29 Å². The van der Waals surface area contributed by atoms with Gasteiger partial charge in [-0.1, -0.05) is 145 Å². The molecule has 0 aromatic carbocycles. The van der Waals surface area contributed by atoms with Crippen LogP contribution in [0.5, 0.6) is 0 Å². The molecule has 6 N–H and O–H groups in total. The van der Waals surface area contributed by atoms with Crippen molar-refractivity contribution >= 4 is 15.9 Å². The molecule has 1 aromatic rings. The third kappa shape index (κ3) is 8.01. The van der Waals surface area contributed by atoms with Gasteiger partial charge in [-0.2, -0.15) is 9.36 Å². The van der Waals surface area contributed by atoms with Crippen LogP contribution in [-0.4, -0.2) is 111 Å². The van der Waals surface area contributed by atoms with Gasteiger partial charge in [0.1, 0.15) is 36.6 Å². The number of ether oxygens (including phenoxy) is 2. The van der Waals surface area contributed by atoms with E-state index in [1.807, 2.05) is 0 Å². The molecule has 57 heavy (non-hydrogen) atoms. The Labute approximate surface area is 347 Å². The molecule has 1 aliphatic heterocycles. The van der Waals surface area contributed by atoms with Crippen LogP contribution in [0.4, 0.5) is 0 Å². The maximum atomic E-state index is 13.5. The summed E-state index contributed by atoms with van der Waals surface area (Å²) in [6.07, 6.45) is 15.1. The summed E-state index contributed by atoms with van der Waals surface area (Å²) in [5, 5.41) is 71.2. The first kappa shape index (κ1) is 44.1. The molecule has 0 bridgehead atoms. The number of aliphatic hydroxyl groups is 6. The summed E-state index contributed by atoms with van der Waals surface area (Å²) in [7, 11) is 0. The quantitative estimate of drug-likeness (QED) is 0.0435. The zero-order valence-corrected chi connectivity index (χ0v) is 35.9. The predicted molar refractivity (Wildman–Crippen MR) is 217 cm³/mol. The van der Waals surface area contributed by atoms with Crippen LogP contribution in [0.2, 0.25) is 0 Å². The Morgan fingerprint density at radius 1 is 0.719 bits per heavy atom. The number of hydrogen-bond acceptors (Lipinski definition) is 11. The van der Waals surface area contributed by atoms with Crippen LogP contribution < -0.4 is 5.69 Å². The number of alkyl halides is 1. The van der Waals surface area contributed by atoms with Crippen LogP contribution in [0.25, 0.3) is 0 Å².